The first-order valence-electron chi connectivity index (χ1n) is 9.17. The lowest BCUT2D eigenvalue weighted by molar-refractivity contribution is -0.159. The van der Waals surface area contributed by atoms with Crippen LogP contribution in [0.1, 0.15) is 67.2 Å². The van der Waals surface area contributed by atoms with E-state index in [0.29, 0.717) is 24.0 Å². The zero-order chi connectivity index (χ0) is 19.2. The monoisotopic (exact) mass is 355 g/mol. The van der Waals surface area contributed by atoms with Crippen molar-refractivity contribution in [3.8, 4) is 0 Å². The maximum Gasteiger partial charge on any atom is 0.408 e. The summed E-state index contributed by atoms with van der Waals surface area (Å²) in [7, 11) is 0. The Morgan fingerprint density at radius 3 is 2.40 bits per heavy atom. The second kappa shape index (κ2) is 9.20. The zero-order valence-corrected chi connectivity index (χ0v) is 16.3. The number of hydrogen-bond acceptors (Lipinski definition) is 5. The van der Waals surface area contributed by atoms with Gasteiger partial charge in [-0.05, 0) is 51.4 Å². The SMILES string of the molecule is CC(C)[C@@H]1CC[C@@H](C)CC1OC(=O)[C@H](CC=O)NC(=O)OC(C)(C)C. The van der Waals surface area contributed by atoms with Crippen LogP contribution in [0.15, 0.2) is 0 Å². The van der Waals surface area contributed by atoms with Gasteiger partial charge >= 0.3 is 12.1 Å². The van der Waals surface area contributed by atoms with Crippen LogP contribution in [0.4, 0.5) is 4.79 Å². The molecular formula is C19H33NO5. The van der Waals surface area contributed by atoms with Gasteiger partial charge in [-0.1, -0.05) is 27.2 Å². The van der Waals surface area contributed by atoms with E-state index in [1.165, 1.54) is 0 Å². The smallest absolute Gasteiger partial charge is 0.408 e. The van der Waals surface area contributed by atoms with Crippen LogP contribution >= 0.6 is 0 Å². The van der Waals surface area contributed by atoms with Crippen LogP contribution in [-0.4, -0.2) is 36.1 Å². The fourth-order valence-corrected chi connectivity index (χ4v) is 3.24. The Kier molecular flexibility index (Phi) is 7.90. The molecule has 25 heavy (non-hydrogen) atoms. The topological polar surface area (TPSA) is 81.7 Å². The molecule has 0 aliphatic heterocycles. The van der Waals surface area contributed by atoms with E-state index < -0.39 is 23.7 Å². The summed E-state index contributed by atoms with van der Waals surface area (Å²) in [6.07, 6.45) is 2.54. The molecule has 1 amide bonds. The van der Waals surface area contributed by atoms with Gasteiger partial charge in [-0.25, -0.2) is 9.59 Å². The van der Waals surface area contributed by atoms with Gasteiger partial charge in [0, 0.05) is 6.42 Å². The molecule has 1 fully saturated rings. The predicted molar refractivity (Wildman–Crippen MR) is 95.1 cm³/mol. The molecule has 6 heteroatoms. The van der Waals surface area contributed by atoms with Gasteiger partial charge in [-0.2, -0.15) is 0 Å². The van der Waals surface area contributed by atoms with E-state index >= 15 is 0 Å². The van der Waals surface area contributed by atoms with Gasteiger partial charge in [0.1, 0.15) is 24.0 Å². The molecule has 0 aromatic carbocycles. The summed E-state index contributed by atoms with van der Waals surface area (Å²) >= 11 is 0. The van der Waals surface area contributed by atoms with Gasteiger partial charge in [-0.3, -0.25) is 0 Å². The molecule has 6 nitrogen and oxygen atoms in total. The van der Waals surface area contributed by atoms with Gasteiger partial charge in [-0.15, -0.1) is 0 Å². The molecular weight excluding hydrogens is 322 g/mol. The Morgan fingerprint density at radius 2 is 1.88 bits per heavy atom. The Bertz CT molecular complexity index is 469. The molecule has 1 unspecified atom stereocenters. The fraction of sp³-hybridized carbons (Fsp3) is 0.842. The van der Waals surface area contributed by atoms with Crippen LogP contribution in [-0.2, 0) is 19.1 Å². The van der Waals surface area contributed by atoms with Crippen LogP contribution in [0.2, 0.25) is 0 Å². The van der Waals surface area contributed by atoms with E-state index in [0.717, 1.165) is 19.3 Å². The highest BCUT2D eigenvalue weighted by molar-refractivity contribution is 5.83. The highest BCUT2D eigenvalue weighted by atomic mass is 16.6. The summed E-state index contributed by atoms with van der Waals surface area (Å²) < 4.78 is 10.9. The molecule has 1 saturated carbocycles. The van der Waals surface area contributed by atoms with E-state index in [1.54, 1.807) is 20.8 Å². The van der Waals surface area contributed by atoms with Crippen molar-refractivity contribution >= 4 is 18.3 Å². The van der Waals surface area contributed by atoms with Gasteiger partial charge < -0.3 is 19.6 Å². The molecule has 144 valence electrons. The third-order valence-electron chi connectivity index (χ3n) is 4.54. The number of alkyl carbamates (subject to hydrolysis) is 1. The summed E-state index contributed by atoms with van der Waals surface area (Å²) in [5.41, 5.74) is -0.679. The lowest BCUT2D eigenvalue weighted by Gasteiger charge is -2.37. The fourth-order valence-electron chi connectivity index (χ4n) is 3.24. The summed E-state index contributed by atoms with van der Waals surface area (Å²) in [5, 5.41) is 2.45. The van der Waals surface area contributed by atoms with Crippen molar-refractivity contribution in [2.75, 3.05) is 0 Å². The van der Waals surface area contributed by atoms with E-state index in [4.69, 9.17) is 9.47 Å². The first-order chi connectivity index (χ1) is 11.5. The molecule has 0 heterocycles. The van der Waals surface area contributed by atoms with Gasteiger partial charge in [0.05, 0.1) is 0 Å². The van der Waals surface area contributed by atoms with Gasteiger partial charge in [0.15, 0.2) is 0 Å². The van der Waals surface area contributed by atoms with E-state index in [2.05, 4.69) is 26.1 Å². The highest BCUT2D eigenvalue weighted by Gasteiger charge is 2.35. The molecule has 1 aliphatic carbocycles. The second-order valence-corrected chi connectivity index (χ2v) is 8.40. The minimum Gasteiger partial charge on any atom is -0.461 e. The third kappa shape index (κ3) is 7.45. The summed E-state index contributed by atoms with van der Waals surface area (Å²) in [5.74, 6) is 0.644. The largest absolute Gasteiger partial charge is 0.461 e. The van der Waals surface area contributed by atoms with Crippen molar-refractivity contribution in [1.82, 2.24) is 5.32 Å². The lowest BCUT2D eigenvalue weighted by atomic mass is 9.75. The van der Waals surface area contributed by atoms with Crippen molar-refractivity contribution in [2.24, 2.45) is 17.8 Å². The van der Waals surface area contributed by atoms with Crippen LogP contribution in [0.25, 0.3) is 0 Å². The molecule has 0 aromatic heterocycles. The zero-order valence-electron chi connectivity index (χ0n) is 16.3. The molecule has 0 spiro atoms. The molecule has 1 N–H and O–H groups in total. The summed E-state index contributed by atoms with van der Waals surface area (Å²) in [6.45, 7) is 11.6. The number of amides is 1. The molecule has 0 saturated heterocycles. The van der Waals surface area contributed by atoms with Gasteiger partial charge in [0.2, 0.25) is 0 Å². The van der Waals surface area contributed by atoms with Crippen molar-refractivity contribution in [1.29, 1.82) is 0 Å². The predicted octanol–water partition coefficient (Wildman–Crippen LogP) is 3.47. The number of esters is 1. The van der Waals surface area contributed by atoms with Crippen molar-refractivity contribution in [3.63, 3.8) is 0 Å². The first-order valence-corrected chi connectivity index (χ1v) is 9.17. The average Bonchev–Trinajstić information content (AvgIpc) is 2.44. The molecule has 1 rings (SSSR count). The van der Waals surface area contributed by atoms with Crippen molar-refractivity contribution < 1.29 is 23.9 Å². The summed E-state index contributed by atoms with van der Waals surface area (Å²) in [6, 6.07) is -1.02. The number of nitrogens with one attached hydrogen (secondary N) is 1. The number of aldehydes is 1. The highest BCUT2D eigenvalue weighted by Crippen LogP contribution is 2.35. The number of carbonyl (C=O) groups is 3. The Balaban J connectivity index is 2.73. The minimum absolute atomic E-state index is 0.132. The normalized spacial score (nSPS) is 25.2. The van der Waals surface area contributed by atoms with E-state index in [9.17, 15) is 14.4 Å². The lowest BCUT2D eigenvalue weighted by Crippen LogP contribution is -2.47. The van der Waals surface area contributed by atoms with Crippen LogP contribution in [0, 0.1) is 17.8 Å². The van der Waals surface area contributed by atoms with Crippen LogP contribution in [0.5, 0.6) is 0 Å². The molecule has 0 radical (unpaired) electrons. The van der Waals surface area contributed by atoms with Gasteiger partial charge in [0.25, 0.3) is 0 Å². The molecule has 4 atom stereocenters. The standard InChI is InChI=1S/C19H33NO5/c1-12(2)14-8-7-13(3)11-16(14)24-17(22)15(9-10-21)20-18(23)25-19(4,5)6/h10,12-16H,7-9,11H2,1-6H3,(H,20,23)/t13-,14+,15+,16?/m1/s1. The first kappa shape index (κ1) is 21.5. The van der Waals surface area contributed by atoms with E-state index in [-0.39, 0.29) is 12.5 Å². The molecule has 0 aromatic rings. The number of carbonyl (C=O) groups excluding carboxylic acids is 3. The molecule has 0 bridgehead atoms. The van der Waals surface area contributed by atoms with Crippen molar-refractivity contribution in [3.05, 3.63) is 0 Å². The third-order valence-corrected chi connectivity index (χ3v) is 4.54. The number of rotatable bonds is 6. The Morgan fingerprint density at radius 1 is 1.24 bits per heavy atom. The second-order valence-electron chi connectivity index (χ2n) is 8.40. The quantitative estimate of drug-likeness (QED) is 0.583. The summed E-state index contributed by atoms with van der Waals surface area (Å²) in [4.78, 5) is 35.3. The van der Waals surface area contributed by atoms with E-state index in [1.807, 2.05) is 0 Å². The minimum atomic E-state index is -1.02. The number of hydrogen-bond donors (Lipinski definition) is 1. The van der Waals surface area contributed by atoms with Crippen LogP contribution < -0.4 is 5.32 Å². The van der Waals surface area contributed by atoms with Crippen LogP contribution in [0.3, 0.4) is 0 Å². The molecule has 1 aliphatic rings. The maximum atomic E-state index is 12.5. The maximum absolute atomic E-state index is 12.5. The Labute approximate surface area is 151 Å². The van der Waals surface area contributed by atoms with Crippen molar-refractivity contribution in [2.45, 2.75) is 85.0 Å². The number of ether oxygens (including phenoxy) is 2. The Hall–Kier alpha value is -1.59. The average molecular weight is 355 g/mol.